The van der Waals surface area contributed by atoms with Gasteiger partial charge in [0.05, 0.1) is 0 Å². The lowest BCUT2D eigenvalue weighted by molar-refractivity contribution is 0.101. The van der Waals surface area contributed by atoms with Gasteiger partial charge in [-0.05, 0) is 42.8 Å². The van der Waals surface area contributed by atoms with Gasteiger partial charge in [-0.2, -0.15) is 4.98 Å². The number of aromatic nitrogens is 4. The molecule has 7 heteroatoms. The molecule has 0 atom stereocenters. The summed E-state index contributed by atoms with van der Waals surface area (Å²) in [5, 5.41) is 0.267. The highest BCUT2D eigenvalue weighted by Crippen LogP contribution is 2.23. The minimum absolute atomic E-state index is 0.0143. The standard InChI is InChI=1S/C13H8Cl2N4O/c1-7(20)8-2-4-9(5-3-8)19-6-16-10-11(14)17-13(15)18-12(10)19/h2-6H,1H3. The second kappa shape index (κ2) is 4.85. The van der Waals surface area contributed by atoms with E-state index in [0.29, 0.717) is 16.7 Å². The van der Waals surface area contributed by atoms with E-state index in [1.54, 1.807) is 23.0 Å². The van der Waals surface area contributed by atoms with Gasteiger partial charge in [0.1, 0.15) is 11.8 Å². The lowest BCUT2D eigenvalue weighted by Crippen LogP contribution is -1.97. The Balaban J connectivity index is 2.17. The van der Waals surface area contributed by atoms with Crippen molar-refractivity contribution in [3.05, 3.63) is 46.6 Å². The van der Waals surface area contributed by atoms with E-state index >= 15 is 0 Å². The summed E-state index contributed by atoms with van der Waals surface area (Å²) in [7, 11) is 0. The Morgan fingerprint density at radius 1 is 1.15 bits per heavy atom. The van der Waals surface area contributed by atoms with Gasteiger partial charge in [-0.1, -0.05) is 11.6 Å². The minimum Gasteiger partial charge on any atom is -0.295 e. The van der Waals surface area contributed by atoms with Crippen LogP contribution in [0.2, 0.25) is 10.4 Å². The van der Waals surface area contributed by atoms with Crippen LogP contribution in [0.25, 0.3) is 16.9 Å². The number of imidazole rings is 1. The van der Waals surface area contributed by atoms with E-state index < -0.39 is 0 Å². The van der Waals surface area contributed by atoms with Crippen molar-refractivity contribution < 1.29 is 4.79 Å². The molecule has 0 unspecified atom stereocenters. The van der Waals surface area contributed by atoms with E-state index in [1.807, 2.05) is 12.1 Å². The SMILES string of the molecule is CC(=O)c1ccc(-n2cnc3c(Cl)nc(Cl)nc32)cc1. The van der Waals surface area contributed by atoms with Crippen LogP contribution in [0.15, 0.2) is 30.6 Å². The number of Topliss-reactive ketones (excluding diaryl/α,β-unsaturated/α-hetero) is 1. The monoisotopic (exact) mass is 306 g/mol. The van der Waals surface area contributed by atoms with Gasteiger partial charge in [0.15, 0.2) is 16.6 Å². The maximum atomic E-state index is 11.3. The normalized spacial score (nSPS) is 10.9. The number of halogens is 2. The van der Waals surface area contributed by atoms with Crippen molar-refractivity contribution in [2.75, 3.05) is 0 Å². The first-order chi connectivity index (χ1) is 9.56. The van der Waals surface area contributed by atoms with E-state index in [-0.39, 0.29) is 16.2 Å². The molecule has 2 heterocycles. The molecule has 0 aliphatic carbocycles. The maximum Gasteiger partial charge on any atom is 0.225 e. The van der Waals surface area contributed by atoms with Crippen LogP contribution < -0.4 is 0 Å². The van der Waals surface area contributed by atoms with Gasteiger partial charge in [-0.15, -0.1) is 0 Å². The van der Waals surface area contributed by atoms with Crippen LogP contribution >= 0.6 is 23.2 Å². The third kappa shape index (κ3) is 2.15. The van der Waals surface area contributed by atoms with Crippen molar-refractivity contribution in [1.29, 1.82) is 0 Å². The highest BCUT2D eigenvalue weighted by atomic mass is 35.5. The van der Waals surface area contributed by atoms with Gasteiger partial charge in [0, 0.05) is 11.3 Å². The van der Waals surface area contributed by atoms with Crippen LogP contribution in [0.1, 0.15) is 17.3 Å². The molecule has 3 aromatic rings. The van der Waals surface area contributed by atoms with Crippen LogP contribution in [0, 0.1) is 0 Å². The van der Waals surface area contributed by atoms with Crippen LogP contribution in [0.3, 0.4) is 0 Å². The summed E-state index contributed by atoms with van der Waals surface area (Å²) in [4.78, 5) is 23.4. The Labute approximate surface area is 124 Å². The van der Waals surface area contributed by atoms with Crippen molar-refractivity contribution >= 4 is 40.1 Å². The van der Waals surface area contributed by atoms with E-state index in [0.717, 1.165) is 5.69 Å². The number of carbonyl (C=O) groups excluding carboxylic acids is 1. The van der Waals surface area contributed by atoms with Crippen LogP contribution in [0.4, 0.5) is 0 Å². The number of benzene rings is 1. The molecule has 0 N–H and O–H groups in total. The fraction of sp³-hybridized carbons (Fsp3) is 0.0769. The summed E-state index contributed by atoms with van der Waals surface area (Å²) in [5.41, 5.74) is 2.45. The van der Waals surface area contributed by atoms with Gasteiger partial charge in [-0.25, -0.2) is 9.97 Å². The average molecular weight is 307 g/mol. The van der Waals surface area contributed by atoms with E-state index in [2.05, 4.69) is 15.0 Å². The highest BCUT2D eigenvalue weighted by molar-refractivity contribution is 6.35. The predicted octanol–water partition coefficient (Wildman–Crippen LogP) is 3.32. The van der Waals surface area contributed by atoms with E-state index in [1.165, 1.54) is 6.92 Å². The van der Waals surface area contributed by atoms with Gasteiger partial charge in [-0.3, -0.25) is 9.36 Å². The second-order valence-corrected chi connectivity index (χ2v) is 4.87. The molecule has 0 aliphatic rings. The summed E-state index contributed by atoms with van der Waals surface area (Å²) in [6.45, 7) is 1.52. The Bertz CT molecular complexity index is 811. The zero-order chi connectivity index (χ0) is 14.3. The first-order valence-electron chi connectivity index (χ1n) is 5.74. The zero-order valence-electron chi connectivity index (χ0n) is 10.3. The molecule has 0 aliphatic heterocycles. The quantitative estimate of drug-likeness (QED) is 0.414. The van der Waals surface area contributed by atoms with Crippen molar-refractivity contribution in [3.63, 3.8) is 0 Å². The summed E-state index contributed by atoms with van der Waals surface area (Å²) >= 11 is 11.8. The number of nitrogens with zero attached hydrogens (tertiary/aromatic N) is 4. The van der Waals surface area contributed by atoms with E-state index in [4.69, 9.17) is 23.2 Å². The highest BCUT2D eigenvalue weighted by Gasteiger charge is 2.12. The molecule has 5 nitrogen and oxygen atoms in total. The van der Waals surface area contributed by atoms with Crippen LogP contribution in [-0.2, 0) is 0 Å². The molecule has 0 amide bonds. The molecule has 100 valence electrons. The van der Waals surface area contributed by atoms with Gasteiger partial charge >= 0.3 is 0 Å². The lowest BCUT2D eigenvalue weighted by atomic mass is 10.1. The predicted molar refractivity (Wildman–Crippen MR) is 76.7 cm³/mol. The molecule has 20 heavy (non-hydrogen) atoms. The summed E-state index contributed by atoms with van der Waals surface area (Å²) < 4.78 is 1.73. The van der Waals surface area contributed by atoms with Crippen LogP contribution in [-0.4, -0.2) is 25.3 Å². The first kappa shape index (κ1) is 13.0. The lowest BCUT2D eigenvalue weighted by Gasteiger charge is -2.04. The Kier molecular flexibility index (Phi) is 3.16. The summed E-state index contributed by atoms with van der Waals surface area (Å²) in [6.07, 6.45) is 1.59. The topological polar surface area (TPSA) is 60.7 Å². The average Bonchev–Trinajstić information content (AvgIpc) is 2.82. The molecule has 1 aromatic carbocycles. The third-order valence-electron chi connectivity index (χ3n) is 2.88. The molecular formula is C13H8Cl2N4O. The first-order valence-corrected chi connectivity index (χ1v) is 6.49. The number of fused-ring (bicyclic) bond motifs is 1. The number of carbonyl (C=O) groups is 1. The summed E-state index contributed by atoms with van der Waals surface area (Å²) in [6, 6.07) is 7.10. The molecule has 2 aromatic heterocycles. The van der Waals surface area contributed by atoms with Crippen molar-refractivity contribution in [1.82, 2.24) is 19.5 Å². The Morgan fingerprint density at radius 3 is 2.50 bits per heavy atom. The number of rotatable bonds is 2. The van der Waals surface area contributed by atoms with Crippen molar-refractivity contribution in [2.24, 2.45) is 0 Å². The maximum absolute atomic E-state index is 11.3. The minimum atomic E-state index is 0.0143. The van der Waals surface area contributed by atoms with Gasteiger partial charge in [0.2, 0.25) is 5.28 Å². The molecule has 0 spiro atoms. The molecule has 0 fully saturated rings. The van der Waals surface area contributed by atoms with Crippen molar-refractivity contribution in [2.45, 2.75) is 6.92 Å². The van der Waals surface area contributed by atoms with Crippen molar-refractivity contribution in [3.8, 4) is 5.69 Å². The number of hydrogen-bond acceptors (Lipinski definition) is 4. The smallest absolute Gasteiger partial charge is 0.225 e. The summed E-state index contributed by atoms with van der Waals surface area (Å²) in [5.74, 6) is 0.0143. The fourth-order valence-corrected chi connectivity index (χ4v) is 2.31. The number of ketones is 1. The van der Waals surface area contributed by atoms with Gasteiger partial charge in [0.25, 0.3) is 0 Å². The third-order valence-corrected chi connectivity index (χ3v) is 3.31. The largest absolute Gasteiger partial charge is 0.295 e. The number of hydrogen-bond donors (Lipinski definition) is 0. The fourth-order valence-electron chi connectivity index (χ4n) is 1.89. The van der Waals surface area contributed by atoms with E-state index in [9.17, 15) is 4.79 Å². The molecule has 0 saturated heterocycles. The molecule has 0 saturated carbocycles. The molecule has 3 rings (SSSR count). The van der Waals surface area contributed by atoms with Crippen LogP contribution in [0.5, 0.6) is 0 Å². The molecule has 0 radical (unpaired) electrons. The van der Waals surface area contributed by atoms with Gasteiger partial charge < -0.3 is 0 Å². The molecular weight excluding hydrogens is 299 g/mol. The Hall–Kier alpha value is -1.98. The zero-order valence-corrected chi connectivity index (χ0v) is 11.9. The Morgan fingerprint density at radius 2 is 1.85 bits per heavy atom. The molecule has 0 bridgehead atoms. The second-order valence-electron chi connectivity index (χ2n) is 4.17.